The van der Waals surface area contributed by atoms with Gasteiger partial charge in [-0.3, -0.25) is 9.78 Å². The first-order chi connectivity index (χ1) is 19.6. The SMILES string of the molecule is CC(C)(C)c1cc(-c2nc3sc4ccccc4c3s2)[c-]c2ccccc12.CCC(CC)C(=O)/C=C(\O)C(CC)CC.[Ir]. The molecule has 0 amide bonds. The van der Waals surface area contributed by atoms with Gasteiger partial charge in [-0.25, -0.2) is 0 Å². The first kappa shape index (κ1) is 34.1. The summed E-state index contributed by atoms with van der Waals surface area (Å²) < 4.78 is 2.60. The van der Waals surface area contributed by atoms with Crippen LogP contribution in [-0.4, -0.2) is 15.9 Å². The Morgan fingerprint density at radius 3 is 2.12 bits per heavy atom. The van der Waals surface area contributed by atoms with E-state index < -0.39 is 0 Å². The number of nitrogens with zero attached hydrogens (tertiary/aromatic N) is 1. The zero-order valence-corrected chi connectivity index (χ0v) is 29.7. The number of aliphatic hydroxyl groups excluding tert-OH is 1. The maximum Gasteiger partial charge on any atom is 0.162 e. The van der Waals surface area contributed by atoms with Gasteiger partial charge in [-0.05, 0) is 37.2 Å². The number of ketones is 1. The largest absolute Gasteiger partial charge is 0.512 e. The summed E-state index contributed by atoms with van der Waals surface area (Å²) in [5.74, 6) is 0.547. The zero-order valence-electron chi connectivity index (χ0n) is 25.7. The van der Waals surface area contributed by atoms with Crippen molar-refractivity contribution in [3.63, 3.8) is 0 Å². The van der Waals surface area contributed by atoms with E-state index in [2.05, 4.69) is 81.4 Å². The van der Waals surface area contributed by atoms with Gasteiger partial charge in [-0.2, -0.15) is 11.3 Å². The fourth-order valence-electron chi connectivity index (χ4n) is 5.25. The summed E-state index contributed by atoms with van der Waals surface area (Å²) in [4.78, 5) is 17.8. The predicted molar refractivity (Wildman–Crippen MR) is 179 cm³/mol. The normalized spacial score (nSPS) is 12.2. The molecule has 0 bridgehead atoms. The van der Waals surface area contributed by atoms with E-state index in [-0.39, 0.29) is 48.9 Å². The molecule has 3 aromatic carbocycles. The quantitative estimate of drug-likeness (QED) is 0.0970. The molecule has 0 aliphatic heterocycles. The summed E-state index contributed by atoms with van der Waals surface area (Å²) >= 11 is 3.56. The summed E-state index contributed by atoms with van der Waals surface area (Å²) in [5, 5.41) is 14.6. The van der Waals surface area contributed by atoms with Gasteiger partial charge in [-0.1, -0.05) is 95.8 Å². The Balaban J connectivity index is 0.000000263. The van der Waals surface area contributed by atoms with Crippen LogP contribution in [0.3, 0.4) is 0 Å². The molecule has 0 unspecified atom stereocenters. The van der Waals surface area contributed by atoms with Gasteiger partial charge in [0.2, 0.25) is 0 Å². The Hall–Kier alpha value is -2.37. The molecule has 5 aromatic rings. The average molecular weight is 777 g/mol. The van der Waals surface area contributed by atoms with Gasteiger partial charge in [0, 0.05) is 48.1 Å². The van der Waals surface area contributed by atoms with Crippen molar-refractivity contribution < 1.29 is 30.0 Å². The number of hydrogen-bond donors (Lipinski definition) is 1. The van der Waals surface area contributed by atoms with Crippen LogP contribution in [0.15, 0.2) is 66.4 Å². The summed E-state index contributed by atoms with van der Waals surface area (Å²) in [5.41, 5.74) is 2.53. The number of carbonyl (C=O) groups is 1. The molecular formula is C36H42IrNO2S2-. The van der Waals surface area contributed by atoms with Crippen LogP contribution in [0, 0.1) is 17.9 Å². The molecule has 5 rings (SSSR count). The van der Waals surface area contributed by atoms with Gasteiger partial charge >= 0.3 is 0 Å². The number of allylic oxidation sites excluding steroid dienone is 2. The van der Waals surface area contributed by atoms with Crippen molar-refractivity contribution in [1.29, 1.82) is 0 Å². The third-order valence-corrected chi connectivity index (χ3v) is 10.1. The van der Waals surface area contributed by atoms with Crippen molar-refractivity contribution in [2.75, 3.05) is 0 Å². The number of carbonyl (C=O) groups excluding carboxylic acids is 1. The Morgan fingerprint density at radius 1 is 0.905 bits per heavy atom. The smallest absolute Gasteiger partial charge is 0.162 e. The van der Waals surface area contributed by atoms with Crippen molar-refractivity contribution in [2.24, 2.45) is 11.8 Å². The topological polar surface area (TPSA) is 50.2 Å². The van der Waals surface area contributed by atoms with E-state index in [1.807, 2.05) is 27.7 Å². The number of rotatable bonds is 8. The van der Waals surface area contributed by atoms with Gasteiger partial charge in [-0.15, -0.1) is 40.5 Å². The molecule has 0 fully saturated rings. The van der Waals surface area contributed by atoms with Crippen LogP contribution in [0.25, 0.3) is 41.0 Å². The average Bonchev–Trinajstić information content (AvgIpc) is 3.52. The number of aromatic nitrogens is 1. The van der Waals surface area contributed by atoms with Crippen LogP contribution in [0.1, 0.15) is 79.7 Å². The minimum Gasteiger partial charge on any atom is -0.512 e. The van der Waals surface area contributed by atoms with Crippen molar-refractivity contribution in [3.8, 4) is 10.6 Å². The molecule has 1 N–H and O–H groups in total. The second kappa shape index (κ2) is 14.9. The Kier molecular flexibility index (Phi) is 12.1. The van der Waals surface area contributed by atoms with Crippen molar-refractivity contribution in [3.05, 3.63) is 78.1 Å². The minimum atomic E-state index is 0. The first-order valence-electron chi connectivity index (χ1n) is 14.8. The van der Waals surface area contributed by atoms with Crippen LogP contribution >= 0.6 is 22.7 Å². The molecule has 2 heterocycles. The van der Waals surface area contributed by atoms with Crippen LogP contribution < -0.4 is 0 Å². The summed E-state index contributed by atoms with van der Waals surface area (Å²) in [6.07, 6.45) is 4.91. The van der Waals surface area contributed by atoms with E-state index in [0.717, 1.165) is 41.1 Å². The van der Waals surface area contributed by atoms with E-state index in [4.69, 9.17) is 4.98 Å². The van der Waals surface area contributed by atoms with Crippen LogP contribution in [-0.2, 0) is 30.3 Å². The van der Waals surface area contributed by atoms with Gasteiger partial charge in [0.05, 0.1) is 15.5 Å². The first-order valence-corrected chi connectivity index (χ1v) is 16.4. The predicted octanol–water partition coefficient (Wildman–Crippen LogP) is 11.3. The number of thiazole rings is 1. The number of aliphatic hydroxyl groups is 1. The zero-order chi connectivity index (χ0) is 29.7. The van der Waals surface area contributed by atoms with E-state index in [1.54, 1.807) is 22.7 Å². The fourth-order valence-corrected chi connectivity index (χ4v) is 7.57. The standard InChI is InChI=1S/C23H18NS2.C13H24O2.Ir/c1-23(2,3)18-13-15(12-14-8-4-5-9-16(14)18)21-24-22-20(26-21)17-10-6-7-11-19(17)25-22;1-5-10(6-2)12(14)9-13(15)11(7-3)8-4;/h4-11,13H,1-3H3;9-11,14H,5-8H2,1-4H3;/q-1;;/b;12-9-;. The molecule has 6 heteroatoms. The van der Waals surface area contributed by atoms with Crippen LogP contribution in [0.4, 0.5) is 0 Å². The third-order valence-electron chi connectivity index (χ3n) is 7.83. The van der Waals surface area contributed by atoms with Gasteiger partial charge in [0.15, 0.2) is 5.78 Å². The second-order valence-corrected chi connectivity index (χ2v) is 13.7. The number of benzene rings is 3. The molecule has 225 valence electrons. The molecule has 42 heavy (non-hydrogen) atoms. The van der Waals surface area contributed by atoms with E-state index >= 15 is 0 Å². The maximum atomic E-state index is 11.7. The van der Waals surface area contributed by atoms with Crippen LogP contribution in [0.5, 0.6) is 0 Å². The number of thiophene rings is 1. The molecule has 0 spiro atoms. The summed E-state index contributed by atoms with van der Waals surface area (Å²) in [6, 6.07) is 23.0. The molecular weight excluding hydrogens is 735 g/mol. The fraction of sp³-hybridized carbons (Fsp3) is 0.389. The molecule has 0 atom stereocenters. The van der Waals surface area contributed by atoms with E-state index in [0.29, 0.717) is 0 Å². The Morgan fingerprint density at radius 2 is 1.50 bits per heavy atom. The van der Waals surface area contributed by atoms with Crippen molar-refractivity contribution >= 4 is 58.8 Å². The summed E-state index contributed by atoms with van der Waals surface area (Å²) in [6.45, 7) is 14.9. The number of fused-ring (bicyclic) bond motifs is 4. The van der Waals surface area contributed by atoms with E-state index in [1.165, 1.54) is 37.2 Å². The molecule has 0 saturated carbocycles. The molecule has 0 aliphatic rings. The third kappa shape index (κ3) is 7.58. The monoisotopic (exact) mass is 777 g/mol. The minimum absolute atomic E-state index is 0. The Labute approximate surface area is 272 Å². The molecule has 3 nitrogen and oxygen atoms in total. The summed E-state index contributed by atoms with van der Waals surface area (Å²) in [7, 11) is 0. The van der Waals surface area contributed by atoms with Gasteiger partial charge < -0.3 is 5.11 Å². The number of hydrogen-bond acceptors (Lipinski definition) is 5. The second-order valence-electron chi connectivity index (χ2n) is 11.6. The van der Waals surface area contributed by atoms with Crippen LogP contribution in [0.2, 0.25) is 0 Å². The van der Waals surface area contributed by atoms with Gasteiger partial charge in [0.1, 0.15) is 4.83 Å². The maximum absolute atomic E-state index is 11.7. The van der Waals surface area contributed by atoms with Gasteiger partial charge in [0.25, 0.3) is 0 Å². The van der Waals surface area contributed by atoms with E-state index in [9.17, 15) is 9.90 Å². The Bertz CT molecular complexity index is 1670. The van der Waals surface area contributed by atoms with Crippen molar-refractivity contribution in [2.45, 2.75) is 79.6 Å². The molecule has 2 aromatic heterocycles. The molecule has 1 radical (unpaired) electrons. The molecule has 0 saturated heterocycles. The molecule has 0 aliphatic carbocycles. The van der Waals surface area contributed by atoms with Crippen molar-refractivity contribution in [1.82, 2.24) is 4.98 Å².